The van der Waals surface area contributed by atoms with E-state index in [0.29, 0.717) is 24.5 Å². The number of nitrogens with zero attached hydrogens (tertiary/aromatic N) is 1. The summed E-state index contributed by atoms with van der Waals surface area (Å²) in [4.78, 5) is 15.2. The molecule has 0 radical (unpaired) electrons. The maximum absolute atomic E-state index is 11.4. The quantitative estimate of drug-likeness (QED) is 0.578. The minimum absolute atomic E-state index is 0.214. The highest BCUT2D eigenvalue weighted by Gasteiger charge is 2.29. The minimum atomic E-state index is -0.214. The van der Waals surface area contributed by atoms with Crippen LogP contribution in [0.4, 0.5) is 0 Å². The second-order valence-corrected chi connectivity index (χ2v) is 7.19. The van der Waals surface area contributed by atoms with Crippen LogP contribution in [0.5, 0.6) is 0 Å². The Labute approximate surface area is 138 Å². The molecule has 1 atom stereocenters. The molecular weight excluding hydrogens is 294 g/mol. The van der Waals surface area contributed by atoms with Crippen LogP contribution in [0.15, 0.2) is 29.7 Å². The summed E-state index contributed by atoms with van der Waals surface area (Å²) in [6.07, 6.45) is 8.42. The summed E-state index contributed by atoms with van der Waals surface area (Å²) in [5.41, 5.74) is 0. The van der Waals surface area contributed by atoms with E-state index in [4.69, 9.17) is 4.74 Å². The summed E-state index contributed by atoms with van der Waals surface area (Å²) in [6, 6.07) is 4.92. The van der Waals surface area contributed by atoms with Gasteiger partial charge in [0.25, 0.3) is 0 Å². The first-order chi connectivity index (χ1) is 10.6. The largest absolute Gasteiger partial charge is 0.463 e. The normalized spacial score (nSPS) is 23.8. The van der Waals surface area contributed by atoms with Crippen molar-refractivity contribution in [2.45, 2.75) is 38.6 Å². The lowest BCUT2D eigenvalue weighted by molar-refractivity contribution is -0.137. The monoisotopic (exact) mass is 321 g/mol. The molecule has 0 aliphatic heterocycles. The number of esters is 1. The van der Waals surface area contributed by atoms with E-state index in [1.165, 1.54) is 17.7 Å². The first-order valence-electron chi connectivity index (χ1n) is 8.16. The van der Waals surface area contributed by atoms with Crippen LogP contribution in [0.25, 0.3) is 0 Å². The third-order valence-electron chi connectivity index (χ3n) is 4.45. The number of rotatable bonds is 6. The Bertz CT molecular complexity index is 473. The van der Waals surface area contributed by atoms with Crippen LogP contribution in [0.2, 0.25) is 0 Å². The van der Waals surface area contributed by atoms with Gasteiger partial charge in [-0.2, -0.15) is 0 Å². The molecule has 1 heterocycles. The van der Waals surface area contributed by atoms with Crippen molar-refractivity contribution in [3.63, 3.8) is 0 Å². The Hall–Kier alpha value is -1.13. The second-order valence-electron chi connectivity index (χ2n) is 6.21. The Morgan fingerprint density at radius 1 is 1.41 bits per heavy atom. The molecule has 122 valence electrons. The third kappa shape index (κ3) is 4.68. The van der Waals surface area contributed by atoms with Gasteiger partial charge in [-0.15, -0.1) is 11.3 Å². The predicted octanol–water partition coefficient (Wildman–Crippen LogP) is 4.28. The van der Waals surface area contributed by atoms with Crippen molar-refractivity contribution < 1.29 is 9.53 Å². The van der Waals surface area contributed by atoms with Gasteiger partial charge >= 0.3 is 5.97 Å². The standard InChI is InChI=1S/C18H27NO2S/c1-4-21-17(20)12-9-14-7-10-15(11-8-14)18(19(2)3)16-6-5-13-22-16/h5-6,9,12-15,18H,4,7-8,10-11H2,1-3H3/b12-9+. The molecule has 4 heteroatoms. The molecule has 0 N–H and O–H groups in total. The Kier molecular flexibility index (Phi) is 6.65. The summed E-state index contributed by atoms with van der Waals surface area (Å²) >= 11 is 1.86. The molecule has 0 saturated heterocycles. The van der Waals surface area contributed by atoms with E-state index in [2.05, 4.69) is 36.5 Å². The maximum atomic E-state index is 11.4. The van der Waals surface area contributed by atoms with E-state index in [-0.39, 0.29) is 5.97 Å². The van der Waals surface area contributed by atoms with Crippen molar-refractivity contribution in [2.24, 2.45) is 11.8 Å². The number of ether oxygens (including phenoxy) is 1. The van der Waals surface area contributed by atoms with E-state index in [0.717, 1.165) is 12.8 Å². The average Bonchev–Trinajstić information content (AvgIpc) is 3.00. The zero-order valence-electron chi connectivity index (χ0n) is 13.8. The van der Waals surface area contributed by atoms with Gasteiger partial charge in [-0.05, 0) is 70.0 Å². The molecular formula is C18H27NO2S. The van der Waals surface area contributed by atoms with Crippen molar-refractivity contribution in [3.05, 3.63) is 34.5 Å². The molecule has 2 rings (SSSR count). The summed E-state index contributed by atoms with van der Waals surface area (Å²) in [7, 11) is 4.36. The van der Waals surface area contributed by atoms with Gasteiger partial charge < -0.3 is 9.64 Å². The maximum Gasteiger partial charge on any atom is 0.330 e. The predicted molar refractivity (Wildman–Crippen MR) is 92.0 cm³/mol. The molecule has 1 aliphatic carbocycles. The zero-order chi connectivity index (χ0) is 15.9. The molecule has 1 saturated carbocycles. The summed E-state index contributed by atoms with van der Waals surface area (Å²) in [5.74, 6) is 1.02. The number of hydrogen-bond acceptors (Lipinski definition) is 4. The van der Waals surface area contributed by atoms with Crippen molar-refractivity contribution in [2.75, 3.05) is 20.7 Å². The molecule has 22 heavy (non-hydrogen) atoms. The van der Waals surface area contributed by atoms with E-state index in [1.54, 1.807) is 6.08 Å². The fourth-order valence-corrected chi connectivity index (χ4v) is 4.44. The van der Waals surface area contributed by atoms with Crippen LogP contribution in [-0.4, -0.2) is 31.6 Å². The summed E-state index contributed by atoms with van der Waals surface area (Å²) in [5, 5.41) is 2.17. The number of carbonyl (C=O) groups is 1. The molecule has 0 spiro atoms. The third-order valence-corrected chi connectivity index (χ3v) is 5.39. The van der Waals surface area contributed by atoms with Crippen molar-refractivity contribution in [1.29, 1.82) is 0 Å². The van der Waals surface area contributed by atoms with E-state index >= 15 is 0 Å². The second kappa shape index (κ2) is 8.49. The topological polar surface area (TPSA) is 29.5 Å². The van der Waals surface area contributed by atoms with E-state index < -0.39 is 0 Å². The number of thiophene rings is 1. The molecule has 1 unspecified atom stereocenters. The summed E-state index contributed by atoms with van der Waals surface area (Å²) < 4.78 is 4.94. The molecule has 1 aromatic heterocycles. The van der Waals surface area contributed by atoms with Gasteiger partial charge in [0.15, 0.2) is 0 Å². The van der Waals surface area contributed by atoms with Crippen LogP contribution in [0, 0.1) is 11.8 Å². The van der Waals surface area contributed by atoms with Crippen molar-refractivity contribution in [1.82, 2.24) is 4.90 Å². The van der Waals surface area contributed by atoms with Gasteiger partial charge in [-0.25, -0.2) is 4.79 Å². The molecule has 0 bridgehead atoms. The van der Waals surface area contributed by atoms with Gasteiger partial charge in [-0.1, -0.05) is 12.1 Å². The number of carbonyl (C=O) groups excluding carboxylic acids is 1. The van der Waals surface area contributed by atoms with Gasteiger partial charge in [0.1, 0.15) is 0 Å². The van der Waals surface area contributed by atoms with E-state index in [9.17, 15) is 4.79 Å². The highest BCUT2D eigenvalue weighted by atomic mass is 32.1. The van der Waals surface area contributed by atoms with Gasteiger partial charge in [-0.3, -0.25) is 0 Å². The first kappa shape index (κ1) is 17.2. The lowest BCUT2D eigenvalue weighted by atomic mass is 9.77. The number of allylic oxidation sites excluding steroid dienone is 1. The van der Waals surface area contributed by atoms with Crippen molar-refractivity contribution in [3.8, 4) is 0 Å². The molecule has 3 nitrogen and oxygen atoms in total. The van der Waals surface area contributed by atoms with Crippen LogP contribution in [0.1, 0.15) is 43.5 Å². The molecule has 1 fully saturated rings. The minimum Gasteiger partial charge on any atom is -0.463 e. The Balaban J connectivity index is 1.89. The highest BCUT2D eigenvalue weighted by molar-refractivity contribution is 7.10. The molecule has 0 aromatic carbocycles. The number of hydrogen-bond donors (Lipinski definition) is 0. The Morgan fingerprint density at radius 2 is 2.14 bits per heavy atom. The molecule has 0 amide bonds. The fraction of sp³-hybridized carbons (Fsp3) is 0.611. The molecule has 1 aliphatic rings. The SMILES string of the molecule is CCOC(=O)/C=C/C1CCC(C(c2cccs2)N(C)C)CC1. The highest BCUT2D eigenvalue weighted by Crippen LogP contribution is 2.40. The fourth-order valence-electron chi connectivity index (χ4n) is 3.43. The van der Waals surface area contributed by atoms with Crippen LogP contribution in [0.3, 0.4) is 0 Å². The smallest absolute Gasteiger partial charge is 0.330 e. The van der Waals surface area contributed by atoms with E-state index in [1.807, 2.05) is 24.3 Å². The average molecular weight is 321 g/mol. The van der Waals surface area contributed by atoms with Gasteiger partial charge in [0, 0.05) is 17.0 Å². The Morgan fingerprint density at radius 3 is 2.68 bits per heavy atom. The zero-order valence-corrected chi connectivity index (χ0v) is 14.6. The van der Waals surface area contributed by atoms with Crippen molar-refractivity contribution >= 4 is 17.3 Å². The van der Waals surface area contributed by atoms with Crippen LogP contribution >= 0.6 is 11.3 Å². The van der Waals surface area contributed by atoms with Gasteiger partial charge in [0.05, 0.1) is 6.61 Å². The first-order valence-corrected chi connectivity index (χ1v) is 9.04. The molecule has 1 aromatic rings. The lowest BCUT2D eigenvalue weighted by Gasteiger charge is -2.36. The van der Waals surface area contributed by atoms with Crippen LogP contribution in [-0.2, 0) is 9.53 Å². The lowest BCUT2D eigenvalue weighted by Crippen LogP contribution is -2.29. The summed E-state index contributed by atoms with van der Waals surface area (Å²) in [6.45, 7) is 2.28. The van der Waals surface area contributed by atoms with Gasteiger partial charge in [0.2, 0.25) is 0 Å². The van der Waals surface area contributed by atoms with Crippen LogP contribution < -0.4 is 0 Å².